The normalized spacial score (nSPS) is 10.9. The lowest BCUT2D eigenvalue weighted by Crippen LogP contribution is -2.03. The van der Waals surface area contributed by atoms with Crippen LogP contribution in [0.25, 0.3) is 5.69 Å². The van der Waals surface area contributed by atoms with Gasteiger partial charge in [0, 0.05) is 29.3 Å². The molecule has 0 spiro atoms. The number of hydrogen-bond donors (Lipinski definition) is 1. The van der Waals surface area contributed by atoms with Gasteiger partial charge >= 0.3 is 0 Å². The zero-order chi connectivity index (χ0) is 14.1. The lowest BCUT2D eigenvalue weighted by molar-refractivity contribution is 0.790. The van der Waals surface area contributed by atoms with Gasteiger partial charge in [0.05, 0.1) is 18.6 Å². The van der Waals surface area contributed by atoms with Crippen molar-refractivity contribution in [1.82, 2.24) is 19.1 Å². The van der Waals surface area contributed by atoms with Crippen molar-refractivity contribution in [2.24, 2.45) is 0 Å². The van der Waals surface area contributed by atoms with Crippen LogP contribution in [0.5, 0.6) is 0 Å². The van der Waals surface area contributed by atoms with Gasteiger partial charge in [-0.15, -0.1) is 0 Å². The first-order valence-corrected chi connectivity index (χ1v) is 6.57. The van der Waals surface area contributed by atoms with Gasteiger partial charge in [0.15, 0.2) is 5.95 Å². The van der Waals surface area contributed by atoms with Crippen LogP contribution in [0.15, 0.2) is 43.1 Å². The fourth-order valence-corrected chi connectivity index (χ4v) is 2.14. The second-order valence-electron chi connectivity index (χ2n) is 4.62. The minimum Gasteiger partial charge on any atom is -0.369 e. The molecule has 2 N–H and O–H groups in total. The van der Waals surface area contributed by atoms with Crippen molar-refractivity contribution in [3.8, 4) is 5.69 Å². The van der Waals surface area contributed by atoms with Crippen molar-refractivity contribution >= 4 is 17.5 Å². The summed E-state index contributed by atoms with van der Waals surface area (Å²) in [5.41, 5.74) is 8.74. The second-order valence-corrected chi connectivity index (χ2v) is 5.03. The number of nitrogens with two attached hydrogens (primary N) is 1. The molecule has 0 fully saturated rings. The zero-order valence-corrected chi connectivity index (χ0v) is 11.7. The minimum atomic E-state index is 0.488. The van der Waals surface area contributed by atoms with Crippen LogP contribution in [0.1, 0.15) is 11.3 Å². The molecule has 0 aliphatic rings. The Bertz CT molecular complexity index is 744. The molecule has 102 valence electrons. The van der Waals surface area contributed by atoms with E-state index in [1.54, 1.807) is 12.5 Å². The van der Waals surface area contributed by atoms with Crippen LogP contribution in [-0.4, -0.2) is 19.1 Å². The molecule has 0 amide bonds. The van der Waals surface area contributed by atoms with Gasteiger partial charge in [-0.05, 0) is 30.7 Å². The molecule has 3 rings (SSSR count). The molecule has 6 heteroatoms. The molecule has 2 heterocycles. The summed E-state index contributed by atoms with van der Waals surface area (Å²) < 4.78 is 3.81. The summed E-state index contributed by atoms with van der Waals surface area (Å²) in [6, 6.07) is 5.88. The Labute approximate surface area is 121 Å². The first-order valence-electron chi connectivity index (χ1n) is 6.19. The Morgan fingerprint density at radius 3 is 2.85 bits per heavy atom. The van der Waals surface area contributed by atoms with Crippen LogP contribution in [-0.2, 0) is 6.54 Å². The molecule has 1 aromatic carbocycles. The van der Waals surface area contributed by atoms with Crippen molar-refractivity contribution in [2.75, 3.05) is 5.73 Å². The van der Waals surface area contributed by atoms with E-state index in [9.17, 15) is 0 Å². The number of aryl methyl sites for hydroxylation is 1. The van der Waals surface area contributed by atoms with Gasteiger partial charge in [0.1, 0.15) is 0 Å². The molecule has 0 atom stereocenters. The molecule has 20 heavy (non-hydrogen) atoms. The number of nitrogens with zero attached hydrogens (tertiary/aromatic N) is 4. The minimum absolute atomic E-state index is 0.488. The highest BCUT2D eigenvalue weighted by atomic mass is 35.5. The summed E-state index contributed by atoms with van der Waals surface area (Å²) in [7, 11) is 0. The van der Waals surface area contributed by atoms with Crippen LogP contribution in [0.2, 0.25) is 5.02 Å². The summed E-state index contributed by atoms with van der Waals surface area (Å²) in [5.74, 6) is 0.488. The van der Waals surface area contributed by atoms with Crippen molar-refractivity contribution in [2.45, 2.75) is 13.5 Å². The number of rotatable bonds is 3. The highest BCUT2D eigenvalue weighted by Gasteiger charge is 2.05. The van der Waals surface area contributed by atoms with E-state index in [1.165, 1.54) is 0 Å². The number of hydrogen-bond acceptors (Lipinski definition) is 3. The summed E-state index contributed by atoms with van der Waals surface area (Å²) in [5, 5.41) is 0.764. The fraction of sp³-hybridized carbons (Fsp3) is 0.143. The SMILES string of the molecule is Cc1cc(-n2cnc(Cn3ccnc3N)c2)ccc1Cl. The number of nitrogen functional groups attached to an aromatic ring is 1. The van der Waals surface area contributed by atoms with Crippen LogP contribution in [0.3, 0.4) is 0 Å². The van der Waals surface area contributed by atoms with E-state index in [0.717, 1.165) is 22.0 Å². The standard InChI is InChI=1S/C14H14ClN5/c1-10-6-12(2-3-13(10)15)20-8-11(18-9-20)7-19-5-4-17-14(19)16/h2-6,8-9H,7H2,1H3,(H2,16,17). The van der Waals surface area contributed by atoms with Crippen molar-refractivity contribution in [1.29, 1.82) is 0 Å². The first kappa shape index (κ1) is 12.7. The lowest BCUT2D eigenvalue weighted by atomic mass is 10.2. The van der Waals surface area contributed by atoms with Gasteiger partial charge < -0.3 is 14.9 Å². The summed E-state index contributed by atoms with van der Waals surface area (Å²) in [6.07, 6.45) is 7.27. The third-order valence-corrected chi connectivity index (χ3v) is 3.58. The Hall–Kier alpha value is -2.27. The predicted molar refractivity (Wildman–Crippen MR) is 79.1 cm³/mol. The highest BCUT2D eigenvalue weighted by Crippen LogP contribution is 2.19. The van der Waals surface area contributed by atoms with E-state index in [-0.39, 0.29) is 0 Å². The quantitative estimate of drug-likeness (QED) is 0.805. The van der Waals surface area contributed by atoms with Gasteiger partial charge in [-0.25, -0.2) is 9.97 Å². The molecule has 0 aliphatic heterocycles. The van der Waals surface area contributed by atoms with E-state index in [1.807, 2.05) is 46.7 Å². The molecular weight excluding hydrogens is 274 g/mol. The van der Waals surface area contributed by atoms with Gasteiger partial charge in [0.2, 0.25) is 0 Å². The predicted octanol–water partition coefficient (Wildman–Crippen LogP) is 2.66. The fourth-order valence-electron chi connectivity index (χ4n) is 2.02. The van der Waals surface area contributed by atoms with Gasteiger partial charge in [-0.1, -0.05) is 11.6 Å². The maximum atomic E-state index is 6.04. The molecule has 0 bridgehead atoms. The highest BCUT2D eigenvalue weighted by molar-refractivity contribution is 6.31. The van der Waals surface area contributed by atoms with Gasteiger partial charge in [-0.3, -0.25) is 0 Å². The number of halogens is 1. The Kier molecular flexibility index (Phi) is 3.20. The van der Waals surface area contributed by atoms with E-state index in [0.29, 0.717) is 12.5 Å². The Balaban J connectivity index is 1.86. The molecule has 2 aromatic heterocycles. The molecule has 3 aromatic rings. The van der Waals surface area contributed by atoms with E-state index in [4.69, 9.17) is 17.3 Å². The maximum Gasteiger partial charge on any atom is 0.200 e. The molecule has 0 radical (unpaired) electrons. The summed E-state index contributed by atoms with van der Waals surface area (Å²) >= 11 is 6.04. The average Bonchev–Trinajstić information content (AvgIpc) is 3.04. The second kappa shape index (κ2) is 5.02. The van der Waals surface area contributed by atoms with Crippen molar-refractivity contribution in [3.63, 3.8) is 0 Å². The zero-order valence-electron chi connectivity index (χ0n) is 11.0. The Morgan fingerprint density at radius 2 is 2.15 bits per heavy atom. The van der Waals surface area contributed by atoms with E-state index >= 15 is 0 Å². The molecular formula is C14H14ClN5. The maximum absolute atomic E-state index is 6.04. The van der Waals surface area contributed by atoms with Gasteiger partial charge in [-0.2, -0.15) is 0 Å². The number of imidazole rings is 2. The van der Waals surface area contributed by atoms with Crippen molar-refractivity contribution < 1.29 is 0 Å². The topological polar surface area (TPSA) is 61.7 Å². The molecule has 0 aliphatic carbocycles. The number of benzene rings is 1. The monoisotopic (exact) mass is 287 g/mol. The molecule has 0 saturated heterocycles. The van der Waals surface area contributed by atoms with E-state index in [2.05, 4.69) is 9.97 Å². The Morgan fingerprint density at radius 1 is 1.30 bits per heavy atom. The van der Waals surface area contributed by atoms with Crippen LogP contribution in [0.4, 0.5) is 5.95 Å². The average molecular weight is 288 g/mol. The number of anilines is 1. The molecule has 0 saturated carbocycles. The third-order valence-electron chi connectivity index (χ3n) is 3.16. The van der Waals surface area contributed by atoms with Crippen LogP contribution in [0, 0.1) is 6.92 Å². The number of aromatic nitrogens is 4. The molecule has 0 unspecified atom stereocenters. The smallest absolute Gasteiger partial charge is 0.200 e. The summed E-state index contributed by atoms with van der Waals surface area (Å²) in [6.45, 7) is 2.58. The van der Waals surface area contributed by atoms with Gasteiger partial charge in [0.25, 0.3) is 0 Å². The summed E-state index contributed by atoms with van der Waals surface area (Å²) in [4.78, 5) is 8.38. The van der Waals surface area contributed by atoms with Crippen LogP contribution >= 0.6 is 11.6 Å². The molecule has 5 nitrogen and oxygen atoms in total. The largest absolute Gasteiger partial charge is 0.369 e. The first-order chi connectivity index (χ1) is 9.63. The lowest BCUT2D eigenvalue weighted by Gasteiger charge is -2.04. The van der Waals surface area contributed by atoms with Crippen molar-refractivity contribution in [3.05, 3.63) is 59.4 Å². The van der Waals surface area contributed by atoms with E-state index < -0.39 is 0 Å². The third kappa shape index (κ3) is 2.40. The van der Waals surface area contributed by atoms with Crippen LogP contribution < -0.4 is 5.73 Å².